The first-order valence-electron chi connectivity index (χ1n) is 7.77. The van der Waals surface area contributed by atoms with Crippen molar-refractivity contribution in [2.24, 2.45) is 5.10 Å². The van der Waals surface area contributed by atoms with Gasteiger partial charge < -0.3 is 9.84 Å². The third kappa shape index (κ3) is 3.57. The Labute approximate surface area is 161 Å². The Balaban J connectivity index is 2.01. The molecule has 142 valence electrons. The highest BCUT2D eigenvalue weighted by Crippen LogP contribution is 2.42. The summed E-state index contributed by atoms with van der Waals surface area (Å²) in [4.78, 5) is 12.7. The summed E-state index contributed by atoms with van der Waals surface area (Å²) in [6.45, 7) is 0. The monoisotopic (exact) mass is 442 g/mol. The average Bonchev–Trinajstić information content (AvgIpc) is 3.00. The number of carbonyl (C=O) groups excluding carboxylic acids is 1. The van der Waals surface area contributed by atoms with Gasteiger partial charge in [0.2, 0.25) is 0 Å². The predicted molar refractivity (Wildman–Crippen MR) is 95.5 cm³/mol. The van der Waals surface area contributed by atoms with E-state index in [9.17, 15) is 23.1 Å². The number of nitrogens with zero attached hydrogens (tertiary/aromatic N) is 2. The van der Waals surface area contributed by atoms with Crippen molar-refractivity contribution in [3.63, 3.8) is 0 Å². The van der Waals surface area contributed by atoms with E-state index in [0.29, 0.717) is 11.3 Å². The van der Waals surface area contributed by atoms with Crippen molar-refractivity contribution >= 4 is 27.5 Å². The molecule has 3 rings (SSSR count). The molecule has 27 heavy (non-hydrogen) atoms. The fraction of sp³-hybridized carbons (Fsp3) is 0.222. The van der Waals surface area contributed by atoms with Crippen molar-refractivity contribution in [2.75, 3.05) is 7.11 Å². The van der Waals surface area contributed by atoms with Gasteiger partial charge in [0, 0.05) is 10.0 Å². The van der Waals surface area contributed by atoms with E-state index in [4.69, 9.17) is 4.74 Å². The summed E-state index contributed by atoms with van der Waals surface area (Å²) >= 11 is 3.24. The summed E-state index contributed by atoms with van der Waals surface area (Å²) in [5.74, 6) is -0.623. The Morgan fingerprint density at radius 3 is 2.30 bits per heavy atom. The number of amides is 1. The average molecular weight is 443 g/mol. The van der Waals surface area contributed by atoms with E-state index in [-0.39, 0.29) is 16.3 Å². The molecular weight excluding hydrogens is 429 g/mol. The molecule has 0 spiro atoms. The molecule has 1 aliphatic heterocycles. The highest BCUT2D eigenvalue weighted by molar-refractivity contribution is 9.10. The van der Waals surface area contributed by atoms with Gasteiger partial charge in [-0.3, -0.25) is 4.79 Å². The van der Waals surface area contributed by atoms with E-state index >= 15 is 0 Å². The summed E-state index contributed by atoms with van der Waals surface area (Å²) in [5.41, 5.74) is -3.14. The summed E-state index contributed by atoms with van der Waals surface area (Å²) in [6.07, 6.45) is -5.95. The van der Waals surface area contributed by atoms with E-state index in [1.54, 1.807) is 24.3 Å². The molecule has 0 aliphatic carbocycles. The molecule has 5 nitrogen and oxygen atoms in total. The van der Waals surface area contributed by atoms with E-state index in [1.807, 2.05) is 0 Å². The lowest BCUT2D eigenvalue weighted by Crippen LogP contribution is -2.56. The van der Waals surface area contributed by atoms with Crippen LogP contribution in [-0.4, -0.2) is 40.7 Å². The first-order valence-corrected chi connectivity index (χ1v) is 8.56. The normalized spacial score (nSPS) is 19.8. The lowest BCUT2D eigenvalue weighted by Gasteiger charge is -2.32. The fourth-order valence-electron chi connectivity index (χ4n) is 2.64. The molecule has 1 atom stereocenters. The van der Waals surface area contributed by atoms with Crippen molar-refractivity contribution in [3.8, 4) is 5.75 Å². The maximum absolute atomic E-state index is 13.6. The number of alkyl halides is 3. The lowest BCUT2D eigenvalue weighted by atomic mass is 10.0. The molecular formula is C18H14BrF3N2O3. The summed E-state index contributed by atoms with van der Waals surface area (Å²) in [6, 6.07) is 11.9. The second kappa shape index (κ2) is 6.97. The van der Waals surface area contributed by atoms with Gasteiger partial charge in [0.25, 0.3) is 11.6 Å². The van der Waals surface area contributed by atoms with E-state index in [1.165, 1.54) is 31.4 Å². The van der Waals surface area contributed by atoms with Crippen molar-refractivity contribution in [1.29, 1.82) is 0 Å². The first kappa shape index (κ1) is 19.4. The smallest absolute Gasteiger partial charge is 0.438 e. The van der Waals surface area contributed by atoms with Crippen LogP contribution in [0.1, 0.15) is 22.3 Å². The zero-order chi connectivity index (χ0) is 19.8. The summed E-state index contributed by atoms with van der Waals surface area (Å²) in [5, 5.41) is 14.3. The highest BCUT2D eigenvalue weighted by Gasteiger charge is 2.63. The number of aliphatic hydroxyl groups is 1. The van der Waals surface area contributed by atoms with Gasteiger partial charge in [0.05, 0.1) is 19.2 Å². The molecule has 0 saturated carbocycles. The van der Waals surface area contributed by atoms with Gasteiger partial charge >= 0.3 is 6.18 Å². The van der Waals surface area contributed by atoms with Gasteiger partial charge in [-0.05, 0) is 42.0 Å². The Hall–Kier alpha value is -2.39. The molecule has 0 unspecified atom stereocenters. The second-order valence-electron chi connectivity index (χ2n) is 5.89. The molecule has 9 heteroatoms. The zero-order valence-electron chi connectivity index (χ0n) is 14.0. The van der Waals surface area contributed by atoms with E-state index < -0.39 is 24.2 Å². The molecule has 1 heterocycles. The highest BCUT2D eigenvalue weighted by atomic mass is 79.9. The number of halogens is 4. The minimum atomic E-state index is -5.09. The Kier molecular flexibility index (Phi) is 5.00. The van der Waals surface area contributed by atoms with Gasteiger partial charge in [0.15, 0.2) is 0 Å². The number of carbonyl (C=O) groups is 1. The van der Waals surface area contributed by atoms with Crippen LogP contribution in [0.3, 0.4) is 0 Å². The number of ether oxygens (including phenoxy) is 1. The molecule has 0 saturated heterocycles. The van der Waals surface area contributed by atoms with Crippen molar-refractivity contribution in [3.05, 3.63) is 64.1 Å². The maximum Gasteiger partial charge on any atom is 0.438 e. The Morgan fingerprint density at radius 1 is 1.19 bits per heavy atom. The molecule has 2 aromatic rings. The first-order chi connectivity index (χ1) is 12.7. The van der Waals surface area contributed by atoms with E-state index in [0.717, 1.165) is 4.47 Å². The third-order valence-corrected chi connectivity index (χ3v) is 4.67. The molecule has 1 N–H and O–H groups in total. The number of rotatable bonds is 3. The van der Waals surface area contributed by atoms with Crippen molar-refractivity contribution in [1.82, 2.24) is 5.01 Å². The SMILES string of the molecule is COc1ccc(C(=O)N2N=C(c3ccc(Br)cc3)C[C@]2(O)C(F)(F)F)cc1. The van der Waals surface area contributed by atoms with Gasteiger partial charge in [-0.15, -0.1) is 0 Å². The number of hydrazone groups is 1. The van der Waals surface area contributed by atoms with Crippen LogP contribution in [0.2, 0.25) is 0 Å². The number of hydrogen-bond acceptors (Lipinski definition) is 4. The maximum atomic E-state index is 13.6. The number of hydrogen-bond donors (Lipinski definition) is 1. The van der Waals surface area contributed by atoms with Crippen LogP contribution in [0.15, 0.2) is 58.1 Å². The van der Waals surface area contributed by atoms with Crippen LogP contribution in [0.5, 0.6) is 5.75 Å². The molecule has 1 amide bonds. The fourth-order valence-corrected chi connectivity index (χ4v) is 2.90. The van der Waals surface area contributed by atoms with Crippen LogP contribution in [0.4, 0.5) is 13.2 Å². The molecule has 0 bridgehead atoms. The topological polar surface area (TPSA) is 62.1 Å². The zero-order valence-corrected chi connectivity index (χ0v) is 15.6. The third-order valence-electron chi connectivity index (χ3n) is 4.15. The Morgan fingerprint density at radius 2 is 1.78 bits per heavy atom. The van der Waals surface area contributed by atoms with Crippen LogP contribution >= 0.6 is 15.9 Å². The van der Waals surface area contributed by atoms with Crippen molar-refractivity contribution in [2.45, 2.75) is 18.3 Å². The van der Waals surface area contributed by atoms with Crippen LogP contribution in [-0.2, 0) is 0 Å². The number of benzene rings is 2. The van der Waals surface area contributed by atoms with Crippen LogP contribution < -0.4 is 4.74 Å². The quantitative estimate of drug-likeness (QED) is 0.782. The van der Waals surface area contributed by atoms with Gasteiger partial charge in [-0.1, -0.05) is 28.1 Å². The lowest BCUT2D eigenvalue weighted by molar-refractivity contribution is -0.297. The second-order valence-corrected chi connectivity index (χ2v) is 6.81. The molecule has 0 radical (unpaired) electrons. The van der Waals surface area contributed by atoms with Gasteiger partial charge in [-0.25, -0.2) is 0 Å². The van der Waals surface area contributed by atoms with Crippen molar-refractivity contribution < 1.29 is 27.8 Å². The standard InChI is InChI=1S/C18H14BrF3N2O3/c1-27-14-8-4-12(5-9-14)16(25)24-17(26,18(20,21)22)10-15(23-24)11-2-6-13(19)7-3-11/h2-9,26H,10H2,1H3/t17-/m0/s1. The van der Waals surface area contributed by atoms with Crippen LogP contribution in [0, 0.1) is 0 Å². The number of methoxy groups -OCH3 is 1. The summed E-state index contributed by atoms with van der Waals surface area (Å²) in [7, 11) is 1.43. The molecule has 0 aromatic heterocycles. The summed E-state index contributed by atoms with van der Waals surface area (Å²) < 4.78 is 46.5. The predicted octanol–water partition coefficient (Wildman–Crippen LogP) is 3.96. The minimum absolute atomic E-state index is 0.0378. The van der Waals surface area contributed by atoms with Gasteiger partial charge in [0.1, 0.15) is 5.75 Å². The molecule has 0 fully saturated rings. The minimum Gasteiger partial charge on any atom is -0.497 e. The molecule has 2 aromatic carbocycles. The van der Waals surface area contributed by atoms with E-state index in [2.05, 4.69) is 21.0 Å². The Bertz CT molecular complexity index is 882. The van der Waals surface area contributed by atoms with Crippen LogP contribution in [0.25, 0.3) is 0 Å². The molecule has 1 aliphatic rings. The largest absolute Gasteiger partial charge is 0.497 e. The van der Waals surface area contributed by atoms with Gasteiger partial charge in [-0.2, -0.15) is 23.3 Å².